The molecule has 0 saturated carbocycles. The van der Waals surface area contributed by atoms with E-state index in [1.54, 1.807) is 11.1 Å². The van der Waals surface area contributed by atoms with E-state index in [-0.39, 0.29) is 17.3 Å². The molecule has 0 aliphatic carbocycles. The maximum Gasteiger partial charge on any atom is 0.573 e. The minimum Gasteiger partial charge on any atom is -0.406 e. The highest BCUT2D eigenvalue weighted by Crippen LogP contribution is 2.33. The highest BCUT2D eigenvalue weighted by atomic mass is 19.4. The Bertz CT molecular complexity index is 595. The molecule has 0 atom stereocenters. The molecule has 1 spiro atoms. The van der Waals surface area contributed by atoms with Gasteiger partial charge in [0.2, 0.25) is 0 Å². The summed E-state index contributed by atoms with van der Waals surface area (Å²) in [7, 11) is 0. The molecule has 8 heteroatoms. The summed E-state index contributed by atoms with van der Waals surface area (Å²) in [5, 5.41) is 3.79. The third-order valence-corrected chi connectivity index (χ3v) is 4.08. The summed E-state index contributed by atoms with van der Waals surface area (Å²) in [6.45, 7) is 1.06. The summed E-state index contributed by atoms with van der Waals surface area (Å²) >= 11 is 0. The molecular formula is C15H15F3N2O3. The number of carbonyl (C=O) groups excluding carboxylic acids is 1. The summed E-state index contributed by atoms with van der Waals surface area (Å²) in [5.74, 6) is -0.555. The zero-order chi connectivity index (χ0) is 16.5. The number of nitrogens with zero attached hydrogens (tertiary/aromatic N) is 2. The van der Waals surface area contributed by atoms with Crippen molar-refractivity contribution in [3.63, 3.8) is 0 Å². The third-order valence-electron chi connectivity index (χ3n) is 4.08. The first-order valence-corrected chi connectivity index (χ1v) is 7.22. The van der Waals surface area contributed by atoms with Crippen LogP contribution in [0.4, 0.5) is 13.2 Å². The highest BCUT2D eigenvalue weighted by Gasteiger charge is 2.40. The van der Waals surface area contributed by atoms with Crippen molar-refractivity contribution in [2.24, 2.45) is 5.16 Å². The van der Waals surface area contributed by atoms with Crippen LogP contribution in [0.3, 0.4) is 0 Å². The number of alkyl halides is 3. The van der Waals surface area contributed by atoms with Crippen LogP contribution in [0.5, 0.6) is 5.75 Å². The number of benzene rings is 1. The topological polar surface area (TPSA) is 51.1 Å². The van der Waals surface area contributed by atoms with Gasteiger partial charge in [-0.15, -0.1) is 13.2 Å². The van der Waals surface area contributed by atoms with Gasteiger partial charge >= 0.3 is 6.36 Å². The van der Waals surface area contributed by atoms with Gasteiger partial charge in [-0.1, -0.05) is 5.16 Å². The first-order valence-electron chi connectivity index (χ1n) is 7.22. The van der Waals surface area contributed by atoms with Gasteiger partial charge in [0.05, 0.1) is 0 Å². The predicted molar refractivity (Wildman–Crippen MR) is 75.2 cm³/mol. The predicted octanol–water partition coefficient (Wildman–Crippen LogP) is 2.97. The first-order chi connectivity index (χ1) is 10.9. The fourth-order valence-electron chi connectivity index (χ4n) is 2.78. The molecule has 1 fully saturated rings. The summed E-state index contributed by atoms with van der Waals surface area (Å²) in [6, 6.07) is 4.95. The zero-order valence-corrected chi connectivity index (χ0v) is 12.2. The Morgan fingerprint density at radius 3 is 2.39 bits per heavy atom. The molecular weight excluding hydrogens is 313 g/mol. The molecule has 2 aliphatic rings. The van der Waals surface area contributed by atoms with Gasteiger partial charge < -0.3 is 14.5 Å². The highest BCUT2D eigenvalue weighted by molar-refractivity contribution is 5.94. The summed E-state index contributed by atoms with van der Waals surface area (Å²) in [5.41, 5.74) is 0.0420. The number of hydrogen-bond donors (Lipinski definition) is 0. The van der Waals surface area contributed by atoms with Crippen LogP contribution < -0.4 is 4.74 Å². The van der Waals surface area contributed by atoms with E-state index >= 15 is 0 Å². The van der Waals surface area contributed by atoms with Crippen LogP contribution in [0.2, 0.25) is 0 Å². The SMILES string of the molecule is O=C(c1ccc(OC(F)(F)F)cc1)N1CCC2(CC=NO2)CC1. The molecule has 0 unspecified atom stereocenters. The van der Waals surface area contributed by atoms with E-state index in [2.05, 4.69) is 9.89 Å². The van der Waals surface area contributed by atoms with E-state index in [0.29, 0.717) is 31.5 Å². The normalized spacial score (nSPS) is 19.7. The second-order valence-corrected chi connectivity index (χ2v) is 5.63. The van der Waals surface area contributed by atoms with Crippen LogP contribution in [-0.4, -0.2) is 42.1 Å². The van der Waals surface area contributed by atoms with Gasteiger partial charge in [0, 0.05) is 44.1 Å². The molecule has 1 saturated heterocycles. The standard InChI is InChI=1S/C15H15F3N2O3/c16-15(17,18)22-12-3-1-11(2-4-12)13(21)20-9-6-14(7-10-20)5-8-19-23-14/h1-4,8H,5-7,9-10H2. The average molecular weight is 328 g/mol. The lowest BCUT2D eigenvalue weighted by molar-refractivity contribution is -0.274. The number of hydrogen-bond acceptors (Lipinski definition) is 4. The molecule has 23 heavy (non-hydrogen) atoms. The average Bonchev–Trinajstić information content (AvgIpc) is 2.95. The van der Waals surface area contributed by atoms with Crippen molar-refractivity contribution in [1.29, 1.82) is 0 Å². The smallest absolute Gasteiger partial charge is 0.406 e. The van der Waals surface area contributed by atoms with Crippen LogP contribution in [0.1, 0.15) is 29.6 Å². The monoisotopic (exact) mass is 328 g/mol. The minimum atomic E-state index is -4.74. The molecule has 1 amide bonds. The van der Waals surface area contributed by atoms with Crippen molar-refractivity contribution in [2.45, 2.75) is 31.2 Å². The van der Waals surface area contributed by atoms with Crippen molar-refractivity contribution < 1.29 is 27.5 Å². The van der Waals surface area contributed by atoms with Gasteiger partial charge in [-0.25, -0.2) is 0 Å². The molecule has 2 aliphatic heterocycles. The Kier molecular flexibility index (Phi) is 3.91. The number of halogens is 3. The summed E-state index contributed by atoms with van der Waals surface area (Å²) < 4.78 is 40.1. The number of likely N-dealkylation sites (tertiary alicyclic amines) is 1. The summed E-state index contributed by atoms with van der Waals surface area (Å²) in [4.78, 5) is 19.4. The molecule has 5 nitrogen and oxygen atoms in total. The number of amides is 1. The molecule has 1 aromatic carbocycles. The van der Waals surface area contributed by atoms with Crippen LogP contribution >= 0.6 is 0 Å². The molecule has 0 N–H and O–H groups in total. The Labute approximate surface area is 130 Å². The number of ether oxygens (including phenoxy) is 1. The van der Waals surface area contributed by atoms with E-state index < -0.39 is 6.36 Å². The number of carbonyl (C=O) groups is 1. The van der Waals surface area contributed by atoms with Crippen LogP contribution in [0.15, 0.2) is 29.4 Å². The Morgan fingerprint density at radius 1 is 1.22 bits per heavy atom. The van der Waals surface area contributed by atoms with E-state index in [4.69, 9.17) is 4.84 Å². The zero-order valence-electron chi connectivity index (χ0n) is 12.2. The maximum absolute atomic E-state index is 12.4. The third kappa shape index (κ3) is 3.57. The van der Waals surface area contributed by atoms with Crippen molar-refractivity contribution >= 4 is 12.1 Å². The van der Waals surface area contributed by atoms with Gasteiger partial charge in [0.15, 0.2) is 0 Å². The minimum absolute atomic E-state index is 0.211. The molecule has 124 valence electrons. The van der Waals surface area contributed by atoms with Gasteiger partial charge in [-0.05, 0) is 24.3 Å². The van der Waals surface area contributed by atoms with Crippen molar-refractivity contribution in [3.8, 4) is 5.75 Å². The Balaban J connectivity index is 1.60. The molecule has 0 bridgehead atoms. The van der Waals surface area contributed by atoms with Gasteiger partial charge in [0.25, 0.3) is 5.91 Å². The van der Waals surface area contributed by atoms with E-state index in [9.17, 15) is 18.0 Å². The van der Waals surface area contributed by atoms with Crippen LogP contribution in [-0.2, 0) is 4.84 Å². The van der Waals surface area contributed by atoms with Gasteiger partial charge in [-0.2, -0.15) is 0 Å². The first kappa shape index (κ1) is 15.6. The largest absolute Gasteiger partial charge is 0.573 e. The molecule has 2 heterocycles. The fraction of sp³-hybridized carbons (Fsp3) is 0.467. The van der Waals surface area contributed by atoms with E-state index in [1.165, 1.54) is 12.1 Å². The van der Waals surface area contributed by atoms with E-state index in [1.807, 2.05) is 0 Å². The molecule has 0 radical (unpaired) electrons. The van der Waals surface area contributed by atoms with Crippen molar-refractivity contribution in [1.82, 2.24) is 4.90 Å². The molecule has 1 aromatic rings. The van der Waals surface area contributed by atoms with Crippen LogP contribution in [0.25, 0.3) is 0 Å². The van der Waals surface area contributed by atoms with Gasteiger partial charge in [0.1, 0.15) is 11.4 Å². The maximum atomic E-state index is 12.4. The van der Waals surface area contributed by atoms with Gasteiger partial charge in [-0.3, -0.25) is 4.79 Å². The quantitative estimate of drug-likeness (QED) is 0.839. The number of rotatable bonds is 2. The fourth-order valence-corrected chi connectivity index (χ4v) is 2.78. The number of piperidine rings is 1. The Hall–Kier alpha value is -2.25. The van der Waals surface area contributed by atoms with Crippen molar-refractivity contribution in [3.05, 3.63) is 29.8 Å². The lowest BCUT2D eigenvalue weighted by atomic mass is 9.89. The Morgan fingerprint density at radius 2 is 1.87 bits per heavy atom. The lowest BCUT2D eigenvalue weighted by Gasteiger charge is -2.37. The molecule has 3 rings (SSSR count). The second-order valence-electron chi connectivity index (χ2n) is 5.63. The number of oxime groups is 1. The van der Waals surface area contributed by atoms with Crippen molar-refractivity contribution in [2.75, 3.05) is 13.1 Å². The summed E-state index contributed by atoms with van der Waals surface area (Å²) in [6.07, 6.45) is -0.881. The van der Waals surface area contributed by atoms with E-state index in [0.717, 1.165) is 18.6 Å². The van der Waals surface area contributed by atoms with Crippen LogP contribution in [0, 0.1) is 0 Å². The molecule has 0 aromatic heterocycles. The second kappa shape index (κ2) is 5.75. The lowest BCUT2D eigenvalue weighted by Crippen LogP contribution is -2.46.